The van der Waals surface area contributed by atoms with Crippen LogP contribution in [0.2, 0.25) is 0 Å². The van der Waals surface area contributed by atoms with Gasteiger partial charge in [0, 0.05) is 6.54 Å². The van der Waals surface area contributed by atoms with E-state index in [0.29, 0.717) is 6.54 Å². The number of rotatable bonds is 1. The van der Waals surface area contributed by atoms with Gasteiger partial charge in [-0.1, -0.05) is 0 Å². The third-order valence-corrected chi connectivity index (χ3v) is 2.42. The second-order valence-electron chi connectivity index (χ2n) is 2.46. The summed E-state index contributed by atoms with van der Waals surface area (Å²) in [5, 5.41) is 9.59. The monoisotopic (exact) mass is 168 g/mol. The van der Waals surface area contributed by atoms with Gasteiger partial charge in [0.05, 0.1) is 6.04 Å². The van der Waals surface area contributed by atoms with Gasteiger partial charge in [-0.15, -0.1) is 0 Å². The molecule has 0 aromatic carbocycles. The van der Waals surface area contributed by atoms with Gasteiger partial charge in [-0.3, -0.25) is 0 Å². The van der Waals surface area contributed by atoms with Crippen molar-refractivity contribution in [2.75, 3.05) is 6.54 Å². The zero-order valence-corrected chi connectivity index (χ0v) is 6.65. The standard InChI is InChI=1S/C7H8N2OS/c10-7-8-3-6(9-7)5-1-2-11-4-5/h1-2,4,6H,3H2,(H2,8,9,10)/t6-/m0/s1. The lowest BCUT2D eigenvalue weighted by atomic mass is 10.2. The molecule has 0 saturated carbocycles. The number of urea groups is 1. The molecule has 0 radical (unpaired) electrons. The first-order valence-corrected chi connectivity index (χ1v) is 4.37. The van der Waals surface area contributed by atoms with Gasteiger partial charge < -0.3 is 10.6 Å². The fraction of sp³-hybridized carbons (Fsp3) is 0.286. The predicted octanol–water partition coefficient (Wildman–Crippen LogP) is 1.10. The molecule has 1 aliphatic rings. The molecular formula is C7H8N2OS. The van der Waals surface area contributed by atoms with Crippen LogP contribution in [0.25, 0.3) is 0 Å². The Bertz CT molecular complexity index is 257. The van der Waals surface area contributed by atoms with Gasteiger partial charge in [-0.25, -0.2) is 4.79 Å². The Labute approximate surface area is 68.4 Å². The number of hydrogen-bond donors (Lipinski definition) is 2. The lowest BCUT2D eigenvalue weighted by molar-refractivity contribution is 0.247. The molecule has 2 N–H and O–H groups in total. The average molecular weight is 168 g/mol. The summed E-state index contributed by atoms with van der Waals surface area (Å²) in [6, 6.07) is 2.14. The highest BCUT2D eigenvalue weighted by Gasteiger charge is 2.21. The van der Waals surface area contributed by atoms with Crippen molar-refractivity contribution in [2.45, 2.75) is 6.04 Å². The maximum atomic E-state index is 10.7. The zero-order valence-electron chi connectivity index (χ0n) is 5.83. The molecule has 0 spiro atoms. The first kappa shape index (κ1) is 6.67. The summed E-state index contributed by atoms with van der Waals surface area (Å²) in [5.74, 6) is 0. The van der Waals surface area contributed by atoms with Crippen LogP contribution >= 0.6 is 11.3 Å². The highest BCUT2D eigenvalue weighted by molar-refractivity contribution is 7.07. The van der Waals surface area contributed by atoms with Gasteiger partial charge in [0.2, 0.25) is 0 Å². The van der Waals surface area contributed by atoms with Crippen molar-refractivity contribution in [1.82, 2.24) is 10.6 Å². The van der Waals surface area contributed by atoms with Gasteiger partial charge in [0.15, 0.2) is 0 Å². The molecule has 0 unspecified atom stereocenters. The smallest absolute Gasteiger partial charge is 0.315 e. The summed E-state index contributed by atoms with van der Waals surface area (Å²) in [7, 11) is 0. The minimum atomic E-state index is -0.0683. The Kier molecular flexibility index (Phi) is 1.54. The van der Waals surface area contributed by atoms with Crippen LogP contribution in [0.3, 0.4) is 0 Å². The molecule has 1 fully saturated rings. The molecule has 11 heavy (non-hydrogen) atoms. The minimum absolute atomic E-state index is 0.0683. The molecule has 58 valence electrons. The molecule has 4 heteroatoms. The van der Waals surface area contributed by atoms with Crippen LogP contribution in [0.15, 0.2) is 16.8 Å². The first-order valence-electron chi connectivity index (χ1n) is 3.43. The maximum absolute atomic E-state index is 10.7. The summed E-state index contributed by atoms with van der Waals surface area (Å²) < 4.78 is 0. The second kappa shape index (κ2) is 2.54. The summed E-state index contributed by atoms with van der Waals surface area (Å²) >= 11 is 1.65. The minimum Gasteiger partial charge on any atom is -0.336 e. The number of hydrogen-bond acceptors (Lipinski definition) is 2. The number of nitrogens with one attached hydrogen (secondary N) is 2. The van der Waals surface area contributed by atoms with E-state index < -0.39 is 0 Å². The fourth-order valence-corrected chi connectivity index (χ4v) is 1.84. The van der Waals surface area contributed by atoms with E-state index in [1.54, 1.807) is 11.3 Å². The van der Waals surface area contributed by atoms with Crippen molar-refractivity contribution in [3.63, 3.8) is 0 Å². The van der Waals surface area contributed by atoms with E-state index in [1.807, 2.05) is 11.4 Å². The van der Waals surface area contributed by atoms with Gasteiger partial charge in [-0.05, 0) is 22.4 Å². The summed E-state index contributed by atoms with van der Waals surface area (Å²) in [6.07, 6.45) is 0. The molecule has 0 bridgehead atoms. The van der Waals surface area contributed by atoms with E-state index in [-0.39, 0.29) is 12.1 Å². The Morgan fingerprint density at radius 3 is 3.09 bits per heavy atom. The molecule has 2 amide bonds. The number of carbonyl (C=O) groups is 1. The van der Waals surface area contributed by atoms with Crippen molar-refractivity contribution >= 4 is 17.4 Å². The normalized spacial score (nSPS) is 22.9. The fourth-order valence-electron chi connectivity index (χ4n) is 1.13. The van der Waals surface area contributed by atoms with E-state index in [2.05, 4.69) is 16.0 Å². The van der Waals surface area contributed by atoms with E-state index >= 15 is 0 Å². The van der Waals surface area contributed by atoms with E-state index in [1.165, 1.54) is 5.56 Å². The largest absolute Gasteiger partial charge is 0.336 e. The van der Waals surface area contributed by atoms with Crippen LogP contribution in [0, 0.1) is 0 Å². The lowest BCUT2D eigenvalue weighted by Gasteiger charge is -2.03. The molecule has 1 atom stereocenters. The highest BCUT2D eigenvalue weighted by Crippen LogP contribution is 2.17. The zero-order chi connectivity index (χ0) is 7.68. The van der Waals surface area contributed by atoms with Crippen LogP contribution in [-0.2, 0) is 0 Å². The lowest BCUT2D eigenvalue weighted by Crippen LogP contribution is -2.21. The summed E-state index contributed by atoms with van der Waals surface area (Å²) in [5.41, 5.74) is 1.19. The molecule has 2 rings (SSSR count). The SMILES string of the molecule is O=C1NC[C@@H](c2ccsc2)N1. The van der Waals surface area contributed by atoms with E-state index in [9.17, 15) is 4.79 Å². The topological polar surface area (TPSA) is 41.1 Å². The molecule has 2 heterocycles. The van der Waals surface area contributed by atoms with Crippen LogP contribution in [0.4, 0.5) is 4.79 Å². The van der Waals surface area contributed by atoms with Gasteiger partial charge in [0.25, 0.3) is 0 Å². The number of carbonyl (C=O) groups excluding carboxylic acids is 1. The van der Waals surface area contributed by atoms with Crippen molar-refractivity contribution in [3.8, 4) is 0 Å². The van der Waals surface area contributed by atoms with Crippen molar-refractivity contribution < 1.29 is 4.79 Å². The van der Waals surface area contributed by atoms with Crippen LogP contribution in [-0.4, -0.2) is 12.6 Å². The highest BCUT2D eigenvalue weighted by atomic mass is 32.1. The third-order valence-electron chi connectivity index (χ3n) is 1.72. The third kappa shape index (κ3) is 1.21. The van der Waals surface area contributed by atoms with Gasteiger partial charge in [0.1, 0.15) is 0 Å². The van der Waals surface area contributed by atoms with Crippen LogP contribution < -0.4 is 10.6 Å². The Morgan fingerprint density at radius 1 is 1.64 bits per heavy atom. The molecule has 0 aliphatic carbocycles. The van der Waals surface area contributed by atoms with Crippen molar-refractivity contribution in [2.24, 2.45) is 0 Å². The molecule has 3 nitrogen and oxygen atoms in total. The number of amides is 2. The quantitative estimate of drug-likeness (QED) is 0.647. The molecular weight excluding hydrogens is 160 g/mol. The van der Waals surface area contributed by atoms with Gasteiger partial charge in [-0.2, -0.15) is 11.3 Å². The Morgan fingerprint density at radius 2 is 2.55 bits per heavy atom. The molecule has 1 aromatic heterocycles. The Balaban J connectivity index is 2.13. The van der Waals surface area contributed by atoms with Crippen molar-refractivity contribution in [3.05, 3.63) is 22.4 Å². The van der Waals surface area contributed by atoms with E-state index in [0.717, 1.165) is 0 Å². The molecule has 1 saturated heterocycles. The van der Waals surface area contributed by atoms with E-state index in [4.69, 9.17) is 0 Å². The average Bonchev–Trinajstić information content (AvgIpc) is 2.55. The Hall–Kier alpha value is -1.03. The van der Waals surface area contributed by atoms with Gasteiger partial charge >= 0.3 is 6.03 Å². The number of thiophene rings is 1. The maximum Gasteiger partial charge on any atom is 0.315 e. The molecule has 1 aromatic rings. The predicted molar refractivity (Wildman–Crippen MR) is 43.6 cm³/mol. The molecule has 1 aliphatic heterocycles. The summed E-state index contributed by atoms with van der Waals surface area (Å²) in [6.45, 7) is 0.704. The second-order valence-corrected chi connectivity index (χ2v) is 3.24. The summed E-state index contributed by atoms with van der Waals surface area (Å²) in [4.78, 5) is 10.7. The van der Waals surface area contributed by atoms with Crippen LogP contribution in [0.1, 0.15) is 11.6 Å². The first-order chi connectivity index (χ1) is 5.36. The van der Waals surface area contributed by atoms with Crippen LogP contribution in [0.5, 0.6) is 0 Å². The van der Waals surface area contributed by atoms with Crippen molar-refractivity contribution in [1.29, 1.82) is 0 Å².